The van der Waals surface area contributed by atoms with Gasteiger partial charge in [-0.3, -0.25) is 4.79 Å². The third-order valence-corrected chi connectivity index (χ3v) is 5.75. The van der Waals surface area contributed by atoms with Crippen LogP contribution in [0.5, 0.6) is 5.75 Å². The summed E-state index contributed by atoms with van der Waals surface area (Å²) in [6, 6.07) is 8.64. The maximum atomic E-state index is 13.1. The molecule has 1 amide bonds. The third kappa shape index (κ3) is 2.51. The molecular weight excluding hydrogens is 274 g/mol. The molecule has 2 fully saturated rings. The third-order valence-electron chi connectivity index (χ3n) is 5.75. The fourth-order valence-electron chi connectivity index (χ4n) is 4.62. The van der Waals surface area contributed by atoms with Crippen LogP contribution in [0.25, 0.3) is 0 Å². The number of hydrogen-bond donors (Lipinski definition) is 0. The van der Waals surface area contributed by atoms with Crippen LogP contribution in [-0.4, -0.2) is 30.0 Å². The number of nitrogens with zero attached hydrogens (tertiary/aromatic N) is 1. The molecule has 0 radical (unpaired) electrons. The monoisotopic (exact) mass is 299 g/mol. The number of piperidine rings is 1. The Morgan fingerprint density at radius 3 is 2.86 bits per heavy atom. The van der Waals surface area contributed by atoms with Gasteiger partial charge in [-0.05, 0) is 49.7 Å². The predicted octanol–water partition coefficient (Wildman–Crippen LogP) is 3.42. The smallest absolute Gasteiger partial charge is 0.229 e. The number of carbonyl (C=O) groups excluding carboxylic acids is 1. The highest BCUT2D eigenvalue weighted by atomic mass is 16.5. The van der Waals surface area contributed by atoms with Gasteiger partial charge in [0.15, 0.2) is 0 Å². The number of carbonyl (C=O) groups is 1. The highest BCUT2D eigenvalue weighted by Gasteiger charge is 2.39. The van der Waals surface area contributed by atoms with Gasteiger partial charge in [-0.25, -0.2) is 0 Å². The van der Waals surface area contributed by atoms with E-state index < -0.39 is 0 Å². The van der Waals surface area contributed by atoms with Crippen molar-refractivity contribution < 1.29 is 9.53 Å². The molecule has 0 aromatic heterocycles. The van der Waals surface area contributed by atoms with Crippen molar-refractivity contribution >= 4 is 5.91 Å². The molecule has 22 heavy (non-hydrogen) atoms. The average Bonchev–Trinajstić information content (AvgIpc) is 2.60. The summed E-state index contributed by atoms with van der Waals surface area (Å²) in [5, 5.41) is 0. The Hall–Kier alpha value is -1.51. The number of benzene rings is 1. The summed E-state index contributed by atoms with van der Waals surface area (Å²) < 4.78 is 5.84. The number of hydrogen-bond acceptors (Lipinski definition) is 2. The summed E-state index contributed by atoms with van der Waals surface area (Å²) in [6.45, 7) is 1.50. The van der Waals surface area contributed by atoms with Gasteiger partial charge in [0.25, 0.3) is 0 Å². The zero-order valence-electron chi connectivity index (χ0n) is 13.2. The first-order chi connectivity index (χ1) is 10.8. The quantitative estimate of drug-likeness (QED) is 0.795. The molecule has 0 N–H and O–H groups in total. The van der Waals surface area contributed by atoms with Gasteiger partial charge in [-0.1, -0.05) is 31.0 Å². The van der Waals surface area contributed by atoms with E-state index in [1.54, 1.807) is 0 Å². The molecule has 3 aliphatic rings. The number of likely N-dealkylation sites (tertiary alicyclic amines) is 1. The van der Waals surface area contributed by atoms with Crippen molar-refractivity contribution in [2.24, 2.45) is 11.8 Å². The highest BCUT2D eigenvalue weighted by Crippen LogP contribution is 2.37. The van der Waals surface area contributed by atoms with Gasteiger partial charge in [-0.15, -0.1) is 0 Å². The Labute approximate surface area is 132 Å². The zero-order chi connectivity index (χ0) is 14.9. The van der Waals surface area contributed by atoms with Crippen LogP contribution in [0.15, 0.2) is 24.3 Å². The van der Waals surface area contributed by atoms with Gasteiger partial charge < -0.3 is 9.64 Å². The first-order valence-electron chi connectivity index (χ1n) is 8.84. The predicted molar refractivity (Wildman–Crippen MR) is 85.8 cm³/mol. The second-order valence-electron chi connectivity index (χ2n) is 7.11. The fraction of sp³-hybridized carbons (Fsp3) is 0.632. The molecule has 1 aromatic rings. The highest BCUT2D eigenvalue weighted by molar-refractivity contribution is 5.80. The van der Waals surface area contributed by atoms with Crippen molar-refractivity contribution in [1.82, 2.24) is 4.90 Å². The molecule has 1 saturated carbocycles. The standard InChI is InChI=1S/C19H25NO2/c21-19(16-12-15-7-2-4-10-18(15)22-13-16)20-11-5-8-14-6-1-3-9-17(14)20/h2,4,7,10,14,16-17H,1,3,5-6,8-9,11-13H2. The van der Waals surface area contributed by atoms with E-state index >= 15 is 0 Å². The molecule has 1 aromatic carbocycles. The van der Waals surface area contributed by atoms with Crippen molar-refractivity contribution in [3.63, 3.8) is 0 Å². The lowest BCUT2D eigenvalue weighted by Gasteiger charge is -2.45. The topological polar surface area (TPSA) is 29.5 Å². The lowest BCUT2D eigenvalue weighted by molar-refractivity contribution is -0.143. The van der Waals surface area contributed by atoms with Gasteiger partial charge in [0, 0.05) is 12.6 Å². The largest absolute Gasteiger partial charge is 0.492 e. The lowest BCUT2D eigenvalue weighted by atomic mass is 9.77. The van der Waals surface area contributed by atoms with Crippen LogP contribution < -0.4 is 4.74 Å². The van der Waals surface area contributed by atoms with Gasteiger partial charge in [-0.2, -0.15) is 0 Å². The number of ether oxygens (including phenoxy) is 1. The van der Waals surface area contributed by atoms with Crippen LogP contribution in [0.1, 0.15) is 44.1 Å². The first-order valence-corrected chi connectivity index (χ1v) is 8.84. The van der Waals surface area contributed by atoms with Crippen LogP contribution >= 0.6 is 0 Å². The molecule has 2 heterocycles. The molecule has 3 unspecified atom stereocenters. The minimum atomic E-state index is 0.00979. The summed E-state index contributed by atoms with van der Waals surface area (Å²) >= 11 is 0. The van der Waals surface area contributed by atoms with Crippen LogP contribution in [-0.2, 0) is 11.2 Å². The summed E-state index contributed by atoms with van der Waals surface area (Å²) in [7, 11) is 0. The van der Waals surface area contributed by atoms with E-state index in [1.165, 1.54) is 44.1 Å². The van der Waals surface area contributed by atoms with Gasteiger partial charge in [0.05, 0.1) is 5.92 Å². The molecule has 0 spiro atoms. The maximum absolute atomic E-state index is 13.1. The number of fused-ring (bicyclic) bond motifs is 2. The van der Waals surface area contributed by atoms with Gasteiger partial charge in [0.2, 0.25) is 5.91 Å². The van der Waals surface area contributed by atoms with E-state index in [2.05, 4.69) is 11.0 Å². The number of para-hydroxylation sites is 1. The molecular formula is C19H25NO2. The SMILES string of the molecule is O=C(C1COc2ccccc2C1)N1CCCC2CCCCC21. The van der Waals surface area contributed by atoms with Crippen LogP contribution in [0.2, 0.25) is 0 Å². The van der Waals surface area contributed by atoms with Crippen molar-refractivity contribution in [2.45, 2.75) is 51.0 Å². The summed E-state index contributed by atoms with van der Waals surface area (Å²) in [5.74, 6) is 2.06. The van der Waals surface area contributed by atoms with Crippen molar-refractivity contribution in [1.29, 1.82) is 0 Å². The van der Waals surface area contributed by atoms with Crippen LogP contribution in [0.3, 0.4) is 0 Å². The Kier molecular flexibility index (Phi) is 3.81. The fourth-order valence-corrected chi connectivity index (χ4v) is 4.62. The lowest BCUT2D eigenvalue weighted by Crippen LogP contribution is -2.52. The van der Waals surface area contributed by atoms with Crippen LogP contribution in [0.4, 0.5) is 0 Å². The molecule has 0 bridgehead atoms. The molecule has 118 valence electrons. The average molecular weight is 299 g/mol. The molecule has 2 aliphatic heterocycles. The molecule has 3 heteroatoms. The maximum Gasteiger partial charge on any atom is 0.229 e. The Morgan fingerprint density at radius 1 is 1.09 bits per heavy atom. The van der Waals surface area contributed by atoms with Gasteiger partial charge in [0.1, 0.15) is 12.4 Å². The van der Waals surface area contributed by atoms with E-state index in [9.17, 15) is 4.79 Å². The Morgan fingerprint density at radius 2 is 1.91 bits per heavy atom. The molecule has 1 aliphatic carbocycles. The van der Waals surface area contributed by atoms with Gasteiger partial charge >= 0.3 is 0 Å². The second-order valence-corrected chi connectivity index (χ2v) is 7.11. The van der Waals surface area contributed by atoms with E-state index in [1.807, 2.05) is 18.2 Å². The van der Waals surface area contributed by atoms with Crippen LogP contribution in [0, 0.1) is 11.8 Å². The normalized spacial score (nSPS) is 30.9. The van der Waals surface area contributed by atoms with E-state index in [4.69, 9.17) is 4.74 Å². The first kappa shape index (κ1) is 14.1. The Bertz CT molecular complexity index is 554. The van der Waals surface area contributed by atoms with Crippen molar-refractivity contribution in [2.75, 3.05) is 13.2 Å². The zero-order valence-corrected chi connectivity index (χ0v) is 13.2. The second kappa shape index (κ2) is 5.94. The molecule has 3 atom stereocenters. The van der Waals surface area contributed by atoms with E-state index in [0.29, 0.717) is 18.6 Å². The minimum Gasteiger partial charge on any atom is -0.492 e. The van der Waals surface area contributed by atoms with Crippen molar-refractivity contribution in [3.8, 4) is 5.75 Å². The summed E-state index contributed by atoms with van der Waals surface area (Å²) in [6.07, 6.45) is 8.50. The molecule has 4 rings (SSSR count). The molecule has 1 saturated heterocycles. The van der Waals surface area contributed by atoms with E-state index in [0.717, 1.165) is 24.6 Å². The van der Waals surface area contributed by atoms with E-state index in [-0.39, 0.29) is 5.92 Å². The van der Waals surface area contributed by atoms with Crippen molar-refractivity contribution in [3.05, 3.63) is 29.8 Å². The number of amides is 1. The molecule has 3 nitrogen and oxygen atoms in total. The Balaban J connectivity index is 1.49. The summed E-state index contributed by atoms with van der Waals surface area (Å²) in [5.41, 5.74) is 1.18. The number of rotatable bonds is 1. The minimum absolute atomic E-state index is 0.00979. The summed E-state index contributed by atoms with van der Waals surface area (Å²) in [4.78, 5) is 15.3.